The van der Waals surface area contributed by atoms with E-state index in [4.69, 9.17) is 4.74 Å². The number of rotatable bonds is 9. The highest BCUT2D eigenvalue weighted by molar-refractivity contribution is 9.10. The summed E-state index contributed by atoms with van der Waals surface area (Å²) in [6.07, 6.45) is 8.44. The minimum atomic E-state index is -1.15. The van der Waals surface area contributed by atoms with Crippen LogP contribution in [0.15, 0.2) is 71.2 Å². The molecule has 2 N–H and O–H groups in total. The molecule has 2 saturated heterocycles. The number of amides is 3. The maximum absolute atomic E-state index is 14.2. The van der Waals surface area contributed by atoms with E-state index in [1.54, 1.807) is 4.90 Å². The number of ether oxygens (including phenoxy) is 1. The lowest BCUT2D eigenvalue weighted by atomic mass is 9.74. The molecule has 1 spiro atoms. The van der Waals surface area contributed by atoms with Gasteiger partial charge in [-0.05, 0) is 49.7 Å². The average Bonchev–Trinajstić information content (AvgIpc) is 3.61. The number of halogens is 1. The molecule has 216 valence electrons. The van der Waals surface area contributed by atoms with Gasteiger partial charge in [0.05, 0.1) is 17.9 Å². The Kier molecular flexibility index (Phi) is 8.03. The first-order chi connectivity index (χ1) is 19.9. The van der Waals surface area contributed by atoms with Crippen LogP contribution in [-0.2, 0) is 25.7 Å². The summed E-state index contributed by atoms with van der Waals surface area (Å²) in [4.78, 5) is 45.6. The number of nitrogens with one attached hydrogen (secondary N) is 2. The summed E-state index contributed by atoms with van der Waals surface area (Å²) in [5, 5.41) is 6.23. The Bertz CT molecular complexity index is 1310. The van der Waals surface area contributed by atoms with Crippen LogP contribution in [0.4, 0.5) is 5.69 Å². The second-order valence-electron chi connectivity index (χ2n) is 11.8. The third-order valence-corrected chi connectivity index (χ3v) is 9.53. The van der Waals surface area contributed by atoms with E-state index in [1.165, 1.54) is 12.0 Å². The lowest BCUT2D eigenvalue weighted by molar-refractivity contribution is -0.141. The maximum Gasteiger partial charge on any atom is 0.246 e. The molecular formula is C32H37BrN4O4. The molecule has 8 nitrogen and oxygen atoms in total. The van der Waals surface area contributed by atoms with Gasteiger partial charge in [0.1, 0.15) is 11.6 Å². The van der Waals surface area contributed by atoms with Crippen molar-refractivity contribution in [3.05, 3.63) is 76.8 Å². The van der Waals surface area contributed by atoms with E-state index in [0.29, 0.717) is 18.8 Å². The Morgan fingerprint density at radius 1 is 1.05 bits per heavy atom. The predicted molar refractivity (Wildman–Crippen MR) is 160 cm³/mol. The molecular weight excluding hydrogens is 584 g/mol. The van der Waals surface area contributed by atoms with Gasteiger partial charge in [0, 0.05) is 35.8 Å². The van der Waals surface area contributed by atoms with E-state index in [0.717, 1.165) is 36.7 Å². The Balaban J connectivity index is 1.24. The number of benzene rings is 2. The van der Waals surface area contributed by atoms with Crippen LogP contribution in [0.3, 0.4) is 0 Å². The molecule has 3 aliphatic heterocycles. The van der Waals surface area contributed by atoms with Gasteiger partial charge < -0.3 is 25.2 Å². The van der Waals surface area contributed by atoms with Gasteiger partial charge >= 0.3 is 0 Å². The summed E-state index contributed by atoms with van der Waals surface area (Å²) in [6, 6.07) is 16.8. The highest BCUT2D eigenvalue weighted by Crippen LogP contribution is 2.55. The average molecular weight is 622 g/mol. The number of carbonyl (C=O) groups is 3. The lowest BCUT2D eigenvalue weighted by Gasteiger charge is -2.34. The summed E-state index contributed by atoms with van der Waals surface area (Å²) >= 11 is 3.42. The first kappa shape index (κ1) is 28.1. The number of carbonyl (C=O) groups excluding carboxylic acids is 3. The van der Waals surface area contributed by atoms with Crippen LogP contribution < -0.4 is 10.6 Å². The molecule has 0 radical (unpaired) electrons. The van der Waals surface area contributed by atoms with Crippen LogP contribution in [0, 0.1) is 11.8 Å². The fourth-order valence-electron chi connectivity index (χ4n) is 7.05. The Morgan fingerprint density at radius 2 is 1.78 bits per heavy atom. The first-order valence-electron chi connectivity index (χ1n) is 14.6. The van der Waals surface area contributed by atoms with Crippen LogP contribution in [0.5, 0.6) is 0 Å². The highest BCUT2D eigenvalue weighted by Gasteiger charge is 2.72. The quantitative estimate of drug-likeness (QED) is 0.412. The molecule has 1 aliphatic carbocycles. The van der Waals surface area contributed by atoms with E-state index in [-0.39, 0.29) is 23.8 Å². The number of likely N-dealkylation sites (N-methyl/N-ethyl adjacent to an activating group) is 1. The maximum atomic E-state index is 14.2. The monoisotopic (exact) mass is 620 g/mol. The molecule has 2 aromatic rings. The molecule has 9 heteroatoms. The zero-order valence-electron chi connectivity index (χ0n) is 23.3. The smallest absolute Gasteiger partial charge is 0.246 e. The molecule has 3 amide bonds. The largest absolute Gasteiger partial charge is 0.359 e. The number of nitrogens with zero attached hydrogens (tertiary/aromatic N) is 2. The molecule has 3 heterocycles. The van der Waals surface area contributed by atoms with Gasteiger partial charge in [-0.25, -0.2) is 0 Å². The molecule has 0 unspecified atom stereocenters. The predicted octanol–water partition coefficient (Wildman–Crippen LogP) is 4.12. The van der Waals surface area contributed by atoms with Gasteiger partial charge in [-0.15, -0.1) is 0 Å². The van der Waals surface area contributed by atoms with Crippen molar-refractivity contribution in [2.24, 2.45) is 11.8 Å². The van der Waals surface area contributed by atoms with Crippen molar-refractivity contribution in [1.82, 2.24) is 15.1 Å². The zero-order chi connectivity index (χ0) is 28.6. The van der Waals surface area contributed by atoms with Gasteiger partial charge in [-0.3, -0.25) is 14.4 Å². The summed E-state index contributed by atoms with van der Waals surface area (Å²) in [5.74, 6) is -2.11. The molecule has 1 saturated carbocycles. The molecule has 6 rings (SSSR count). The van der Waals surface area contributed by atoms with Gasteiger partial charge in [-0.2, -0.15) is 0 Å². The number of anilines is 1. The third kappa shape index (κ3) is 5.47. The van der Waals surface area contributed by atoms with E-state index in [1.807, 2.05) is 61.7 Å². The van der Waals surface area contributed by atoms with Crippen molar-refractivity contribution in [1.29, 1.82) is 0 Å². The van der Waals surface area contributed by atoms with Crippen LogP contribution in [0.25, 0.3) is 0 Å². The van der Waals surface area contributed by atoms with Crippen LogP contribution in [0.1, 0.15) is 37.7 Å². The minimum Gasteiger partial charge on any atom is -0.359 e. The topological polar surface area (TPSA) is 91.0 Å². The van der Waals surface area contributed by atoms with Crippen LogP contribution in [0.2, 0.25) is 0 Å². The van der Waals surface area contributed by atoms with E-state index in [9.17, 15) is 14.4 Å². The molecule has 41 heavy (non-hydrogen) atoms. The SMILES string of the molecule is CN(CCN1C(=O)[C@@H]2[C@@H](C(=O)Nc3ccc(Br)cc3)[C@@H]3C=C[C@@]2(O3)[C@@H]1C(=O)NC1CCCCC1)Cc1ccccc1. The van der Waals surface area contributed by atoms with E-state index in [2.05, 4.69) is 43.6 Å². The van der Waals surface area contributed by atoms with Gasteiger partial charge in [0.2, 0.25) is 17.7 Å². The minimum absolute atomic E-state index is 0.100. The third-order valence-electron chi connectivity index (χ3n) is 9.01. The van der Waals surface area contributed by atoms with Crippen molar-refractivity contribution in [3.8, 4) is 0 Å². The lowest BCUT2D eigenvalue weighted by Crippen LogP contribution is -2.57. The number of hydrogen-bond donors (Lipinski definition) is 2. The molecule has 5 atom stereocenters. The number of hydrogen-bond acceptors (Lipinski definition) is 5. The zero-order valence-corrected chi connectivity index (χ0v) is 24.9. The molecule has 3 fully saturated rings. The second kappa shape index (κ2) is 11.7. The number of fused-ring (bicyclic) bond motifs is 1. The summed E-state index contributed by atoms with van der Waals surface area (Å²) < 4.78 is 7.39. The summed E-state index contributed by atoms with van der Waals surface area (Å²) in [7, 11) is 2.01. The van der Waals surface area contributed by atoms with Crippen LogP contribution in [-0.4, -0.2) is 71.4 Å². The molecule has 0 aromatic heterocycles. The normalized spacial score (nSPS) is 28.8. The Morgan fingerprint density at radius 3 is 2.51 bits per heavy atom. The van der Waals surface area contributed by atoms with Gasteiger partial charge in [0.25, 0.3) is 0 Å². The number of likely N-dealkylation sites (tertiary alicyclic amines) is 1. The van der Waals surface area contributed by atoms with E-state index >= 15 is 0 Å². The fraction of sp³-hybridized carbons (Fsp3) is 0.469. The second-order valence-corrected chi connectivity index (χ2v) is 12.7. The van der Waals surface area contributed by atoms with Gasteiger partial charge in [-0.1, -0.05) is 77.7 Å². The summed E-state index contributed by atoms with van der Waals surface area (Å²) in [5.41, 5.74) is 0.676. The Labute approximate surface area is 249 Å². The highest BCUT2D eigenvalue weighted by atomic mass is 79.9. The fourth-order valence-corrected chi connectivity index (χ4v) is 7.31. The standard InChI is InChI=1S/C32H37BrN4O4/c1-36(20-21-8-4-2-5-9-21)18-19-37-28(30(39)35-23-10-6-3-7-11-23)32-17-16-25(41-32)26(27(32)31(37)40)29(38)34-24-14-12-22(33)13-15-24/h2,4-5,8-9,12-17,23,25-28H,3,6-7,10-11,18-20H2,1H3,(H,34,38)(H,35,39)/t25-,26-,27-,28-,32-/m0/s1. The van der Waals surface area contributed by atoms with Crippen molar-refractivity contribution in [3.63, 3.8) is 0 Å². The molecule has 2 aromatic carbocycles. The van der Waals surface area contributed by atoms with Crippen LogP contribution >= 0.6 is 15.9 Å². The molecule has 2 bridgehead atoms. The van der Waals surface area contributed by atoms with Crippen molar-refractivity contribution >= 4 is 39.3 Å². The van der Waals surface area contributed by atoms with Crippen molar-refractivity contribution < 1.29 is 19.1 Å². The Hall–Kier alpha value is -3.01. The summed E-state index contributed by atoms with van der Waals surface area (Å²) in [6.45, 7) is 1.68. The van der Waals surface area contributed by atoms with Crippen molar-refractivity contribution in [2.45, 2.75) is 62.4 Å². The van der Waals surface area contributed by atoms with Crippen molar-refractivity contribution in [2.75, 3.05) is 25.5 Å². The molecule has 4 aliphatic rings. The first-order valence-corrected chi connectivity index (χ1v) is 15.4. The van der Waals surface area contributed by atoms with E-state index < -0.39 is 29.6 Å². The van der Waals surface area contributed by atoms with Gasteiger partial charge in [0.15, 0.2) is 0 Å².